The van der Waals surface area contributed by atoms with E-state index in [1.807, 2.05) is 24.3 Å². The molecule has 0 aromatic heterocycles. The van der Waals surface area contributed by atoms with Gasteiger partial charge in [-0.3, -0.25) is 9.10 Å². The van der Waals surface area contributed by atoms with Crippen molar-refractivity contribution in [3.8, 4) is 5.75 Å². The number of nitrogens with one attached hydrogen (secondary N) is 1. The molecule has 33 heavy (non-hydrogen) atoms. The molecule has 0 spiro atoms. The molecule has 0 radical (unpaired) electrons. The number of anilines is 1. The Morgan fingerprint density at radius 2 is 1.88 bits per heavy atom. The molecule has 0 aliphatic carbocycles. The molecule has 0 fully saturated rings. The second kappa shape index (κ2) is 10.5. The smallest absolute Gasteiger partial charge is 0.232 e. The van der Waals surface area contributed by atoms with Crippen LogP contribution in [0, 0.1) is 0 Å². The lowest BCUT2D eigenvalue weighted by atomic mass is 9.83. The van der Waals surface area contributed by atoms with Crippen molar-refractivity contribution >= 4 is 44.8 Å². The number of para-hydroxylation sites is 1. The summed E-state index contributed by atoms with van der Waals surface area (Å²) >= 11 is 12.3. The van der Waals surface area contributed by atoms with Crippen LogP contribution in [0.25, 0.3) is 0 Å². The van der Waals surface area contributed by atoms with Crippen LogP contribution in [0.1, 0.15) is 57.6 Å². The van der Waals surface area contributed by atoms with Gasteiger partial charge in [-0.15, -0.1) is 0 Å². The summed E-state index contributed by atoms with van der Waals surface area (Å²) in [7, 11) is -3.60. The van der Waals surface area contributed by atoms with E-state index in [9.17, 15) is 13.2 Å². The summed E-state index contributed by atoms with van der Waals surface area (Å²) in [6.07, 6.45) is 3.99. The van der Waals surface area contributed by atoms with Gasteiger partial charge < -0.3 is 10.1 Å². The quantitative estimate of drug-likeness (QED) is 0.464. The van der Waals surface area contributed by atoms with E-state index in [0.29, 0.717) is 23.6 Å². The third-order valence-corrected chi connectivity index (χ3v) is 7.90. The third-order valence-electron chi connectivity index (χ3n) is 6.16. The van der Waals surface area contributed by atoms with E-state index in [2.05, 4.69) is 19.2 Å². The number of carbonyl (C=O) groups is 1. The second-order valence-electron chi connectivity index (χ2n) is 8.39. The highest BCUT2D eigenvalue weighted by atomic mass is 35.5. The molecule has 1 amide bonds. The van der Waals surface area contributed by atoms with Crippen molar-refractivity contribution in [1.29, 1.82) is 0 Å². The fraction of sp³-hybridized carbons (Fsp3) is 0.458. The van der Waals surface area contributed by atoms with Crippen LogP contribution < -0.4 is 14.4 Å². The van der Waals surface area contributed by atoms with Crippen molar-refractivity contribution in [2.75, 3.05) is 17.1 Å². The Labute approximate surface area is 206 Å². The number of rotatable bonds is 9. The first-order valence-corrected chi connectivity index (χ1v) is 13.7. The SMILES string of the molecule is CCC1(CC)CC(NC(=O)CCCN(c2cc(Cl)ccc2Cl)S(C)(=O)=O)c2ccccc2O1. The van der Waals surface area contributed by atoms with Crippen molar-refractivity contribution in [3.63, 3.8) is 0 Å². The van der Waals surface area contributed by atoms with Gasteiger partial charge in [-0.1, -0.05) is 55.2 Å². The third kappa shape index (κ3) is 6.14. The molecular formula is C24H30Cl2N2O4S. The van der Waals surface area contributed by atoms with Crippen LogP contribution in [0.5, 0.6) is 5.75 Å². The zero-order valence-corrected chi connectivity index (χ0v) is 21.4. The predicted molar refractivity (Wildman–Crippen MR) is 134 cm³/mol. The van der Waals surface area contributed by atoms with Crippen LogP contribution in [0.3, 0.4) is 0 Å². The minimum absolute atomic E-state index is 0.116. The molecule has 0 saturated carbocycles. The summed E-state index contributed by atoms with van der Waals surface area (Å²) in [4.78, 5) is 12.8. The largest absolute Gasteiger partial charge is 0.487 e. The number of hydrogen-bond acceptors (Lipinski definition) is 4. The van der Waals surface area contributed by atoms with Gasteiger partial charge in [0.1, 0.15) is 11.4 Å². The number of fused-ring (bicyclic) bond motifs is 1. The molecule has 1 heterocycles. The summed E-state index contributed by atoms with van der Waals surface area (Å²) in [6.45, 7) is 4.30. The normalized spacial score (nSPS) is 17.1. The van der Waals surface area contributed by atoms with Gasteiger partial charge in [0, 0.05) is 30.0 Å². The molecule has 180 valence electrons. The zero-order chi connectivity index (χ0) is 24.2. The highest BCUT2D eigenvalue weighted by molar-refractivity contribution is 7.92. The highest BCUT2D eigenvalue weighted by Crippen LogP contribution is 2.42. The fourth-order valence-electron chi connectivity index (χ4n) is 4.22. The van der Waals surface area contributed by atoms with E-state index < -0.39 is 10.0 Å². The van der Waals surface area contributed by atoms with Gasteiger partial charge in [0.25, 0.3) is 0 Å². The number of benzene rings is 2. The monoisotopic (exact) mass is 512 g/mol. The number of carbonyl (C=O) groups excluding carboxylic acids is 1. The number of hydrogen-bond donors (Lipinski definition) is 1. The van der Waals surface area contributed by atoms with E-state index in [-0.39, 0.29) is 35.5 Å². The molecule has 1 aliphatic rings. The number of amides is 1. The molecule has 1 atom stereocenters. The van der Waals surface area contributed by atoms with Gasteiger partial charge in [0.15, 0.2) is 0 Å². The molecule has 1 N–H and O–H groups in total. The average Bonchev–Trinajstić information content (AvgIpc) is 2.77. The van der Waals surface area contributed by atoms with Crippen molar-refractivity contribution in [3.05, 3.63) is 58.1 Å². The van der Waals surface area contributed by atoms with Gasteiger partial charge in [-0.25, -0.2) is 8.42 Å². The molecule has 3 rings (SSSR count). The van der Waals surface area contributed by atoms with Gasteiger partial charge in [-0.2, -0.15) is 0 Å². The van der Waals surface area contributed by atoms with Gasteiger partial charge in [0.2, 0.25) is 15.9 Å². The number of sulfonamides is 1. The molecule has 0 saturated heterocycles. The maximum Gasteiger partial charge on any atom is 0.232 e. The molecule has 1 unspecified atom stereocenters. The summed E-state index contributed by atoms with van der Waals surface area (Å²) in [5, 5.41) is 3.80. The Bertz CT molecular complexity index is 1100. The lowest BCUT2D eigenvalue weighted by Crippen LogP contribution is -2.44. The average molecular weight is 513 g/mol. The van der Waals surface area contributed by atoms with Crippen LogP contribution in [-0.2, 0) is 14.8 Å². The molecule has 6 nitrogen and oxygen atoms in total. The van der Waals surface area contributed by atoms with Gasteiger partial charge in [-0.05, 0) is 43.5 Å². The van der Waals surface area contributed by atoms with E-state index in [1.165, 1.54) is 10.4 Å². The lowest BCUT2D eigenvalue weighted by Gasteiger charge is -2.41. The molecule has 2 aromatic rings. The molecule has 1 aliphatic heterocycles. The Balaban J connectivity index is 1.69. The summed E-state index contributed by atoms with van der Waals surface area (Å²) in [6, 6.07) is 12.3. The fourth-order valence-corrected chi connectivity index (χ4v) is 5.63. The molecule has 2 aromatic carbocycles. The van der Waals surface area contributed by atoms with Crippen LogP contribution >= 0.6 is 23.2 Å². The van der Waals surface area contributed by atoms with Crippen LogP contribution in [0.2, 0.25) is 10.0 Å². The van der Waals surface area contributed by atoms with Crippen molar-refractivity contribution in [2.45, 2.75) is 57.6 Å². The standard InChI is InChI=1S/C24H30Cl2N2O4S/c1-4-24(5-2)16-20(18-9-6-7-10-22(18)32-24)27-23(29)11-8-14-28(33(3,30)31)21-15-17(25)12-13-19(21)26/h6-7,9-10,12-13,15,20H,4-5,8,11,14,16H2,1-3H3,(H,27,29). The highest BCUT2D eigenvalue weighted by Gasteiger charge is 2.38. The number of ether oxygens (including phenoxy) is 1. The Hall–Kier alpha value is -1.96. The topological polar surface area (TPSA) is 75.7 Å². The van der Waals surface area contributed by atoms with E-state index in [0.717, 1.165) is 30.4 Å². The van der Waals surface area contributed by atoms with Crippen molar-refractivity contribution < 1.29 is 17.9 Å². The van der Waals surface area contributed by atoms with Crippen molar-refractivity contribution in [2.24, 2.45) is 0 Å². The lowest BCUT2D eigenvalue weighted by molar-refractivity contribution is -0.122. The number of nitrogens with zero attached hydrogens (tertiary/aromatic N) is 1. The minimum Gasteiger partial charge on any atom is -0.487 e. The maximum atomic E-state index is 12.8. The van der Waals surface area contributed by atoms with Crippen molar-refractivity contribution in [1.82, 2.24) is 5.32 Å². The first kappa shape index (κ1) is 25.7. The molecule has 0 bridgehead atoms. The van der Waals surface area contributed by atoms with Gasteiger partial charge >= 0.3 is 0 Å². The Morgan fingerprint density at radius 1 is 1.18 bits per heavy atom. The summed E-state index contributed by atoms with van der Waals surface area (Å²) in [5.41, 5.74) is 0.955. The van der Waals surface area contributed by atoms with E-state index in [4.69, 9.17) is 27.9 Å². The second-order valence-corrected chi connectivity index (χ2v) is 11.1. The summed E-state index contributed by atoms with van der Waals surface area (Å²) < 4.78 is 32.2. The van der Waals surface area contributed by atoms with Crippen LogP contribution in [-0.4, -0.2) is 32.7 Å². The summed E-state index contributed by atoms with van der Waals surface area (Å²) in [5.74, 6) is 0.667. The van der Waals surface area contributed by atoms with Gasteiger partial charge in [0.05, 0.1) is 23.0 Å². The zero-order valence-electron chi connectivity index (χ0n) is 19.1. The Morgan fingerprint density at radius 3 is 2.55 bits per heavy atom. The van der Waals surface area contributed by atoms with E-state index in [1.54, 1.807) is 12.1 Å². The Kier molecular flexibility index (Phi) is 8.19. The van der Waals surface area contributed by atoms with E-state index >= 15 is 0 Å². The maximum absolute atomic E-state index is 12.8. The number of halogens is 2. The first-order chi connectivity index (χ1) is 15.6. The van der Waals surface area contributed by atoms with Crippen LogP contribution in [0.4, 0.5) is 5.69 Å². The molecular weight excluding hydrogens is 483 g/mol. The predicted octanol–water partition coefficient (Wildman–Crippen LogP) is 5.74. The molecule has 9 heteroatoms. The minimum atomic E-state index is -3.60. The first-order valence-electron chi connectivity index (χ1n) is 11.1. The van der Waals surface area contributed by atoms with Crippen LogP contribution in [0.15, 0.2) is 42.5 Å².